The minimum absolute atomic E-state index is 0.294. The van der Waals surface area contributed by atoms with E-state index >= 15 is 0 Å². The second-order valence-corrected chi connectivity index (χ2v) is 7.95. The number of hydrogen-bond donors (Lipinski definition) is 4. The Hall–Kier alpha value is -1.86. The van der Waals surface area contributed by atoms with E-state index in [2.05, 4.69) is 35.3 Å². The zero-order valence-corrected chi connectivity index (χ0v) is 17.4. The summed E-state index contributed by atoms with van der Waals surface area (Å²) in [6.07, 6.45) is 3.47. The molecule has 0 unspecified atom stereocenters. The maximum Gasteiger partial charge on any atom is 0.260 e. The lowest BCUT2D eigenvalue weighted by Crippen LogP contribution is -2.55. The van der Waals surface area contributed by atoms with Gasteiger partial charge in [-0.25, -0.2) is 0 Å². The van der Waals surface area contributed by atoms with Crippen LogP contribution in [-0.2, 0) is 4.79 Å². The molecule has 0 saturated heterocycles. The summed E-state index contributed by atoms with van der Waals surface area (Å²) >= 11 is 11.3. The van der Waals surface area contributed by atoms with Crippen LogP contribution >= 0.6 is 23.8 Å². The van der Waals surface area contributed by atoms with Crippen molar-refractivity contribution in [3.05, 3.63) is 34.9 Å². The Morgan fingerprint density at radius 2 is 1.89 bits per heavy atom. The lowest BCUT2D eigenvalue weighted by Gasteiger charge is -2.35. The van der Waals surface area contributed by atoms with Crippen LogP contribution in [0.4, 0.5) is 0 Å². The highest BCUT2D eigenvalue weighted by Crippen LogP contribution is 2.29. The molecule has 1 aromatic rings. The fraction of sp³-hybridized carbons (Fsp3) is 0.526. The van der Waals surface area contributed by atoms with Crippen molar-refractivity contribution in [3.63, 3.8) is 0 Å². The van der Waals surface area contributed by atoms with Gasteiger partial charge < -0.3 is 10.6 Å². The molecule has 0 aromatic heterocycles. The van der Waals surface area contributed by atoms with Gasteiger partial charge in [0.15, 0.2) is 5.11 Å². The van der Waals surface area contributed by atoms with E-state index < -0.39 is 17.9 Å². The first-order valence-corrected chi connectivity index (χ1v) is 10.00. The fourth-order valence-corrected chi connectivity index (χ4v) is 3.63. The molecule has 1 aliphatic carbocycles. The van der Waals surface area contributed by atoms with Gasteiger partial charge in [-0.1, -0.05) is 50.4 Å². The van der Waals surface area contributed by atoms with E-state index in [1.54, 1.807) is 31.2 Å². The van der Waals surface area contributed by atoms with Crippen LogP contribution in [0.2, 0.25) is 5.02 Å². The van der Waals surface area contributed by atoms with Crippen LogP contribution in [0, 0.1) is 11.8 Å². The van der Waals surface area contributed by atoms with E-state index in [4.69, 9.17) is 23.8 Å². The van der Waals surface area contributed by atoms with E-state index in [1.807, 2.05) is 0 Å². The molecule has 2 amide bonds. The molecule has 0 spiro atoms. The number of nitrogens with one attached hydrogen (secondary N) is 4. The van der Waals surface area contributed by atoms with Crippen LogP contribution in [0.15, 0.2) is 24.3 Å². The molecule has 6 nitrogen and oxygen atoms in total. The van der Waals surface area contributed by atoms with Gasteiger partial charge in [-0.15, -0.1) is 0 Å². The van der Waals surface area contributed by atoms with Crippen molar-refractivity contribution in [2.75, 3.05) is 0 Å². The topological polar surface area (TPSA) is 82.3 Å². The number of benzene rings is 1. The van der Waals surface area contributed by atoms with E-state index in [-0.39, 0.29) is 0 Å². The predicted molar refractivity (Wildman–Crippen MR) is 111 cm³/mol. The quantitative estimate of drug-likeness (QED) is 0.453. The summed E-state index contributed by atoms with van der Waals surface area (Å²) in [5, 5.41) is 6.59. The molecular formula is C19H27ClN4O2S. The van der Waals surface area contributed by atoms with Crippen LogP contribution in [0.1, 0.15) is 50.4 Å². The number of hydrogen-bond acceptors (Lipinski definition) is 3. The first-order valence-electron chi connectivity index (χ1n) is 9.21. The van der Waals surface area contributed by atoms with Gasteiger partial charge in [0.25, 0.3) is 11.8 Å². The molecule has 1 aliphatic rings. The first-order chi connectivity index (χ1) is 12.8. The SMILES string of the molecule is C[C@@H]1[C@H](C)CCC[C@@H]1NC(=S)NNC(=O)[C@H](C)NC(=O)c1ccccc1Cl. The lowest BCUT2D eigenvalue weighted by atomic mass is 9.78. The number of carbonyl (C=O) groups excluding carboxylic acids is 2. The summed E-state index contributed by atoms with van der Waals surface area (Å²) in [7, 11) is 0. The summed E-state index contributed by atoms with van der Waals surface area (Å²) in [6, 6.07) is 6.22. The van der Waals surface area contributed by atoms with Crippen molar-refractivity contribution in [1.82, 2.24) is 21.5 Å². The zero-order chi connectivity index (χ0) is 20.0. The van der Waals surface area contributed by atoms with Crippen molar-refractivity contribution >= 4 is 40.7 Å². The van der Waals surface area contributed by atoms with Crippen molar-refractivity contribution < 1.29 is 9.59 Å². The maximum absolute atomic E-state index is 12.2. The molecule has 148 valence electrons. The standard InChI is InChI=1S/C19H27ClN4O2S/c1-11-7-6-10-16(12(11)2)22-19(27)24-23-17(25)13(3)21-18(26)14-8-4-5-9-15(14)20/h4-5,8-9,11-13,16H,6-7,10H2,1-3H3,(H,21,26)(H,23,25)(H2,22,24,27)/t11-,12-,13+,16+/m1/s1. The van der Waals surface area contributed by atoms with Crippen molar-refractivity contribution in [1.29, 1.82) is 0 Å². The largest absolute Gasteiger partial charge is 0.358 e. The van der Waals surface area contributed by atoms with Gasteiger partial charge in [0.2, 0.25) is 0 Å². The van der Waals surface area contributed by atoms with Gasteiger partial charge >= 0.3 is 0 Å². The second kappa shape index (κ2) is 9.90. The van der Waals surface area contributed by atoms with Crippen LogP contribution in [0.25, 0.3) is 0 Å². The van der Waals surface area contributed by atoms with Crippen LogP contribution in [0.5, 0.6) is 0 Å². The number of amides is 2. The Bertz CT molecular complexity index is 700. The lowest BCUT2D eigenvalue weighted by molar-refractivity contribution is -0.123. The monoisotopic (exact) mass is 410 g/mol. The summed E-state index contributed by atoms with van der Waals surface area (Å²) in [5.74, 6) is 0.357. The Balaban J connectivity index is 1.78. The molecule has 1 saturated carbocycles. The minimum Gasteiger partial charge on any atom is -0.358 e. The Labute approximate surface area is 170 Å². The maximum atomic E-state index is 12.2. The van der Waals surface area contributed by atoms with Crippen LogP contribution < -0.4 is 21.5 Å². The summed E-state index contributed by atoms with van der Waals surface area (Å²) in [4.78, 5) is 24.4. The third kappa shape index (κ3) is 6.07. The molecule has 4 atom stereocenters. The third-order valence-electron chi connectivity index (χ3n) is 5.18. The summed E-state index contributed by atoms with van der Waals surface area (Å²) < 4.78 is 0. The molecule has 1 aromatic carbocycles. The van der Waals surface area contributed by atoms with E-state index in [1.165, 1.54) is 12.8 Å². The smallest absolute Gasteiger partial charge is 0.260 e. The Morgan fingerprint density at radius 3 is 2.59 bits per heavy atom. The molecule has 1 fully saturated rings. The van der Waals surface area contributed by atoms with Crippen molar-refractivity contribution in [3.8, 4) is 0 Å². The third-order valence-corrected chi connectivity index (χ3v) is 5.73. The number of carbonyl (C=O) groups is 2. The van der Waals surface area contributed by atoms with Gasteiger partial charge in [0, 0.05) is 6.04 Å². The fourth-order valence-electron chi connectivity index (χ4n) is 3.20. The summed E-state index contributed by atoms with van der Waals surface area (Å²) in [6.45, 7) is 6.06. The average molecular weight is 411 g/mol. The zero-order valence-electron chi connectivity index (χ0n) is 15.8. The number of hydrazine groups is 1. The molecule has 0 heterocycles. The minimum atomic E-state index is -0.752. The molecule has 0 aliphatic heterocycles. The Morgan fingerprint density at radius 1 is 1.19 bits per heavy atom. The molecule has 0 bridgehead atoms. The van der Waals surface area contributed by atoms with Gasteiger partial charge in [0.1, 0.15) is 6.04 Å². The number of rotatable bonds is 4. The first kappa shape index (κ1) is 21.4. The Kier molecular flexibility index (Phi) is 7.86. The van der Waals surface area contributed by atoms with Crippen LogP contribution in [0.3, 0.4) is 0 Å². The van der Waals surface area contributed by atoms with Gasteiger partial charge in [-0.05, 0) is 49.5 Å². The van der Waals surface area contributed by atoms with Crippen LogP contribution in [-0.4, -0.2) is 29.0 Å². The van der Waals surface area contributed by atoms with Crippen molar-refractivity contribution in [2.45, 2.75) is 52.1 Å². The highest BCUT2D eigenvalue weighted by molar-refractivity contribution is 7.80. The molecule has 8 heteroatoms. The van der Waals surface area contributed by atoms with Crippen molar-refractivity contribution in [2.24, 2.45) is 11.8 Å². The van der Waals surface area contributed by atoms with E-state index in [9.17, 15) is 9.59 Å². The normalized spacial score (nSPS) is 23.0. The highest BCUT2D eigenvalue weighted by Gasteiger charge is 2.27. The van der Waals surface area contributed by atoms with Gasteiger partial charge in [0.05, 0.1) is 10.6 Å². The van der Waals surface area contributed by atoms with Gasteiger partial charge in [-0.3, -0.25) is 20.4 Å². The van der Waals surface area contributed by atoms with E-state index in [0.29, 0.717) is 33.6 Å². The molecular weight excluding hydrogens is 384 g/mol. The summed E-state index contributed by atoms with van der Waals surface area (Å²) in [5.41, 5.74) is 5.57. The molecule has 2 rings (SSSR count). The van der Waals surface area contributed by atoms with E-state index in [0.717, 1.165) is 6.42 Å². The molecule has 27 heavy (non-hydrogen) atoms. The molecule has 0 radical (unpaired) electrons. The number of thiocarbonyl (C=S) groups is 1. The molecule has 4 N–H and O–H groups in total. The van der Waals surface area contributed by atoms with Gasteiger partial charge in [-0.2, -0.15) is 0 Å². The highest BCUT2D eigenvalue weighted by atomic mass is 35.5. The predicted octanol–water partition coefficient (Wildman–Crippen LogP) is 2.78. The second-order valence-electron chi connectivity index (χ2n) is 7.14. The number of halogens is 1. The average Bonchev–Trinajstić information content (AvgIpc) is 2.63.